The van der Waals surface area contributed by atoms with E-state index in [0.29, 0.717) is 44.8 Å². The van der Waals surface area contributed by atoms with E-state index >= 15 is 0 Å². The molecule has 0 fully saturated rings. The van der Waals surface area contributed by atoms with Gasteiger partial charge in [-0.15, -0.1) is 0 Å². The van der Waals surface area contributed by atoms with Crippen molar-refractivity contribution in [2.45, 2.75) is 52.6 Å². The summed E-state index contributed by atoms with van der Waals surface area (Å²) in [5.74, 6) is -0.507. The summed E-state index contributed by atoms with van der Waals surface area (Å²) in [6.07, 6.45) is 8.88. The minimum absolute atomic E-state index is 0.00939. The number of fused-ring (bicyclic) bond motifs is 8. The number of aromatic nitrogens is 4. The van der Waals surface area contributed by atoms with Gasteiger partial charge in [-0.05, 0) is 84.6 Å². The molecule has 5 rings (SSSR count). The smallest absolute Gasteiger partial charge is 0.248 e. The Hall–Kier alpha value is -4.14. The van der Waals surface area contributed by atoms with Crippen molar-refractivity contribution in [1.29, 1.82) is 0 Å². The van der Waals surface area contributed by atoms with E-state index in [0.717, 1.165) is 12.8 Å². The third-order valence-corrected chi connectivity index (χ3v) is 7.87. The molecule has 40 heavy (non-hydrogen) atoms. The van der Waals surface area contributed by atoms with Crippen molar-refractivity contribution in [3.8, 4) is 0 Å². The van der Waals surface area contributed by atoms with Gasteiger partial charge < -0.3 is 11.5 Å². The van der Waals surface area contributed by atoms with E-state index < -0.39 is 12.1 Å². The van der Waals surface area contributed by atoms with Crippen molar-refractivity contribution in [3.63, 3.8) is 0 Å². The fourth-order valence-electron chi connectivity index (χ4n) is 4.82. The Kier molecular flexibility index (Phi) is 7.28. The zero-order chi connectivity index (χ0) is 29.4. The lowest BCUT2D eigenvalue weighted by Gasteiger charge is -2.18. The molecule has 206 valence electrons. The van der Waals surface area contributed by atoms with Crippen LogP contribution < -0.4 is 11.5 Å². The van der Waals surface area contributed by atoms with Gasteiger partial charge in [0.05, 0.1) is 58.3 Å². The highest BCUT2D eigenvalue weighted by Gasteiger charge is 2.24. The van der Waals surface area contributed by atoms with Crippen LogP contribution in [0.3, 0.4) is 0 Å². The summed E-state index contributed by atoms with van der Waals surface area (Å²) in [6.45, 7) is 7.93. The largest absolute Gasteiger partial charge is 0.320 e. The lowest BCUT2D eigenvalue weighted by Crippen LogP contribution is -2.39. The molecule has 0 aliphatic carbocycles. The van der Waals surface area contributed by atoms with Crippen LogP contribution in [0.2, 0.25) is 0 Å². The standard InChI is InChI=1S/C32H36N6O2/c1-5-19(3)29(33)31(39)37-25-11-12-26(37)16-22-8-10-24(36-22)18-28-14-13-27(17-23-9-7-21(15-25)35-23)38(28)32(40)30(34)20(4)6-2/h7-20,29-30H,5-6,33-34H2,1-4H3/t19-,20-,29-,30-/m0/s1/i11D. The van der Waals surface area contributed by atoms with Gasteiger partial charge in [0.2, 0.25) is 11.8 Å². The molecule has 2 aliphatic heterocycles. The van der Waals surface area contributed by atoms with Gasteiger partial charge in [-0.25, -0.2) is 9.97 Å². The maximum atomic E-state index is 13.7. The van der Waals surface area contributed by atoms with Gasteiger partial charge in [-0.3, -0.25) is 18.7 Å². The Bertz CT molecular complexity index is 1750. The number of hydrogen-bond donors (Lipinski definition) is 2. The second-order valence-corrected chi connectivity index (χ2v) is 10.6. The molecule has 5 heterocycles. The first kappa shape index (κ1) is 26.1. The number of carbonyl (C=O) groups excluding carboxylic acids is 2. The zero-order valence-electron chi connectivity index (χ0n) is 24.3. The fourth-order valence-corrected chi connectivity index (χ4v) is 4.82. The average Bonchev–Trinajstić information content (AvgIpc) is 3.75. The maximum Gasteiger partial charge on any atom is 0.248 e. The first-order chi connectivity index (χ1) is 19.6. The Morgan fingerprint density at radius 3 is 1.45 bits per heavy atom. The molecule has 0 saturated carbocycles. The molecular formula is C32H36N6O2. The number of carbonyl (C=O) groups is 2. The van der Waals surface area contributed by atoms with Crippen molar-refractivity contribution in [2.24, 2.45) is 23.3 Å². The third-order valence-electron chi connectivity index (χ3n) is 7.87. The number of nitrogens with zero attached hydrogens (tertiary/aromatic N) is 4. The van der Waals surface area contributed by atoms with Gasteiger partial charge in [0.1, 0.15) is 0 Å². The Morgan fingerprint density at radius 2 is 1.05 bits per heavy atom. The predicted molar refractivity (Wildman–Crippen MR) is 162 cm³/mol. The predicted octanol–water partition coefficient (Wildman–Crippen LogP) is 5.63. The van der Waals surface area contributed by atoms with Crippen LogP contribution in [0.4, 0.5) is 0 Å². The monoisotopic (exact) mass is 537 g/mol. The normalized spacial score (nSPS) is 15.9. The van der Waals surface area contributed by atoms with E-state index in [9.17, 15) is 9.59 Å². The van der Waals surface area contributed by atoms with Crippen LogP contribution in [0, 0.1) is 11.8 Å². The molecule has 3 aromatic heterocycles. The minimum Gasteiger partial charge on any atom is -0.320 e. The summed E-state index contributed by atoms with van der Waals surface area (Å²) < 4.78 is 11.8. The molecule has 0 radical (unpaired) electrons. The SMILES string of the molecule is [2H]c1cc2cc3nc(cc4ccc(cc5nc(cc1n2C(=O)[C@@H](N)[C@@H](C)CC)C=C5)n4C(=O)[C@@H](N)[C@@H](C)CC)C=C3. The first-order valence-electron chi connectivity index (χ1n) is 14.3. The van der Waals surface area contributed by atoms with Crippen molar-refractivity contribution in [1.82, 2.24) is 19.1 Å². The van der Waals surface area contributed by atoms with E-state index in [1.165, 1.54) is 4.57 Å². The van der Waals surface area contributed by atoms with E-state index in [1.807, 2.05) is 76.3 Å². The summed E-state index contributed by atoms with van der Waals surface area (Å²) in [5, 5.41) is 0. The molecule has 8 nitrogen and oxygen atoms in total. The highest BCUT2D eigenvalue weighted by Crippen LogP contribution is 2.23. The van der Waals surface area contributed by atoms with Gasteiger partial charge in [-0.2, -0.15) is 0 Å². The third kappa shape index (κ3) is 5.20. The lowest BCUT2D eigenvalue weighted by molar-refractivity contribution is 0.0853. The van der Waals surface area contributed by atoms with Crippen LogP contribution in [-0.4, -0.2) is 43.0 Å². The molecule has 4 atom stereocenters. The summed E-state index contributed by atoms with van der Waals surface area (Å²) in [5.41, 5.74) is 17.5. The van der Waals surface area contributed by atoms with E-state index in [4.69, 9.17) is 22.8 Å². The summed E-state index contributed by atoms with van der Waals surface area (Å²) in [7, 11) is 0. The molecule has 0 saturated heterocycles. The van der Waals surface area contributed by atoms with Gasteiger partial charge in [0.15, 0.2) is 0 Å². The molecular weight excluding hydrogens is 500 g/mol. The van der Waals surface area contributed by atoms with Crippen LogP contribution >= 0.6 is 0 Å². The Balaban J connectivity index is 1.82. The topological polar surface area (TPSA) is 122 Å². The number of hydrogen-bond acceptors (Lipinski definition) is 6. The highest BCUT2D eigenvalue weighted by atomic mass is 16.2. The quantitative estimate of drug-likeness (QED) is 0.289. The number of rotatable bonds is 6. The highest BCUT2D eigenvalue weighted by molar-refractivity contribution is 5.96. The van der Waals surface area contributed by atoms with E-state index in [1.54, 1.807) is 22.8 Å². The van der Waals surface area contributed by atoms with Crippen molar-refractivity contribution >= 4 is 58.2 Å². The summed E-state index contributed by atoms with van der Waals surface area (Å²) in [4.78, 5) is 36.7. The molecule has 2 aliphatic rings. The van der Waals surface area contributed by atoms with Crippen LogP contribution in [0.5, 0.6) is 0 Å². The molecule has 0 unspecified atom stereocenters. The van der Waals surface area contributed by atoms with Crippen molar-refractivity contribution < 1.29 is 11.0 Å². The Morgan fingerprint density at radius 1 is 0.700 bits per heavy atom. The van der Waals surface area contributed by atoms with Crippen LogP contribution in [0.15, 0.2) is 48.5 Å². The van der Waals surface area contributed by atoms with Gasteiger partial charge in [-0.1, -0.05) is 40.5 Å². The van der Waals surface area contributed by atoms with E-state index in [2.05, 4.69) is 0 Å². The van der Waals surface area contributed by atoms with Gasteiger partial charge in [0, 0.05) is 0 Å². The molecule has 8 bridgehead atoms. The fraction of sp³-hybridized carbons (Fsp3) is 0.312. The molecule has 3 aromatic rings. The van der Waals surface area contributed by atoms with E-state index in [-0.39, 0.29) is 29.7 Å². The van der Waals surface area contributed by atoms with Crippen molar-refractivity contribution in [3.05, 3.63) is 71.3 Å². The minimum atomic E-state index is -0.732. The number of nitrogens with two attached hydrogens (primary N) is 2. The summed E-state index contributed by atoms with van der Waals surface area (Å²) >= 11 is 0. The zero-order valence-corrected chi connectivity index (χ0v) is 23.3. The second kappa shape index (κ2) is 11.2. The van der Waals surface area contributed by atoms with Crippen molar-refractivity contribution in [2.75, 3.05) is 0 Å². The molecule has 0 amide bonds. The van der Waals surface area contributed by atoms with Gasteiger partial charge >= 0.3 is 0 Å². The molecule has 0 spiro atoms. The molecule has 0 aromatic carbocycles. The van der Waals surface area contributed by atoms with Gasteiger partial charge in [0.25, 0.3) is 0 Å². The maximum absolute atomic E-state index is 13.7. The molecule has 4 N–H and O–H groups in total. The van der Waals surface area contributed by atoms with Crippen LogP contribution in [0.25, 0.3) is 46.4 Å². The Labute approximate surface area is 235 Å². The second-order valence-electron chi connectivity index (χ2n) is 10.6. The summed E-state index contributed by atoms with van der Waals surface area (Å²) in [6, 6.07) is 11.3. The lowest BCUT2D eigenvalue weighted by atomic mass is 9.99. The first-order valence-corrected chi connectivity index (χ1v) is 13.8. The average molecular weight is 538 g/mol. The van der Waals surface area contributed by atoms with Crippen LogP contribution in [-0.2, 0) is 0 Å². The van der Waals surface area contributed by atoms with Crippen LogP contribution in [0.1, 0.15) is 74.3 Å². The molecule has 8 heteroatoms.